The number of hydrogen-bond acceptors (Lipinski definition) is 3. The highest BCUT2D eigenvalue weighted by molar-refractivity contribution is 6.80. The zero-order valence-electron chi connectivity index (χ0n) is 27.4. The van der Waals surface area contributed by atoms with Crippen molar-refractivity contribution in [1.82, 2.24) is 15.2 Å². The summed E-state index contributed by atoms with van der Waals surface area (Å²) in [4.78, 5) is 24.5. The van der Waals surface area contributed by atoms with Gasteiger partial charge in [0.2, 0.25) is 14.9 Å². The number of hydrogen-bond donors (Lipinski definition) is 2. The summed E-state index contributed by atoms with van der Waals surface area (Å²) in [5.41, 5.74) is 3.34. The minimum Gasteiger partial charge on any atom is -0.403 e. The average molecular weight is 697 g/mol. The Morgan fingerprint density at radius 1 is 0.854 bits per heavy atom. The van der Waals surface area contributed by atoms with Crippen LogP contribution in [0.1, 0.15) is 54.1 Å². The predicted molar refractivity (Wildman–Crippen MR) is 199 cm³/mol. The lowest BCUT2D eigenvalue weighted by Crippen LogP contribution is -2.47. The first-order valence-corrected chi connectivity index (χ1v) is 18.1. The highest BCUT2D eigenvalue weighted by Gasteiger charge is 2.35. The van der Waals surface area contributed by atoms with E-state index in [1.165, 1.54) is 16.4 Å². The minimum atomic E-state index is -2.16. The van der Waals surface area contributed by atoms with Crippen LogP contribution >= 0.6 is 23.2 Å². The van der Waals surface area contributed by atoms with Gasteiger partial charge >= 0.3 is 0 Å². The quantitative estimate of drug-likeness (QED) is 0.114. The van der Waals surface area contributed by atoms with Gasteiger partial charge in [0.25, 0.3) is 5.91 Å². The topological polar surface area (TPSA) is 72.4 Å². The molecule has 0 bridgehead atoms. The number of nitrogens with zero attached hydrogens (tertiary/aromatic N) is 1. The van der Waals surface area contributed by atoms with Crippen molar-refractivity contribution in [2.24, 2.45) is 5.41 Å². The van der Waals surface area contributed by atoms with Crippen LogP contribution < -0.4 is 21.0 Å². The summed E-state index contributed by atoms with van der Waals surface area (Å²) in [7, 11) is -0.577. The zero-order chi connectivity index (χ0) is 34.3. The van der Waals surface area contributed by atoms with Gasteiger partial charge in [-0.05, 0) is 63.8 Å². The molecule has 1 aromatic heterocycles. The molecule has 4 aromatic carbocycles. The Hall–Kier alpha value is -4.40. The smallest absolute Gasteiger partial charge is 0.251 e. The second-order valence-electron chi connectivity index (χ2n) is 12.5. The van der Waals surface area contributed by atoms with Crippen molar-refractivity contribution in [2.45, 2.75) is 33.4 Å². The van der Waals surface area contributed by atoms with Crippen LogP contribution in [0.25, 0.3) is 11.8 Å². The molecule has 0 fully saturated rings. The molecule has 0 radical (unpaired) electrons. The van der Waals surface area contributed by atoms with E-state index in [0.29, 0.717) is 15.6 Å². The Morgan fingerprint density at radius 3 is 2.06 bits per heavy atom. The van der Waals surface area contributed by atoms with E-state index in [2.05, 4.69) is 55.7 Å². The van der Waals surface area contributed by atoms with Crippen molar-refractivity contribution in [2.75, 3.05) is 7.05 Å². The molecule has 1 heterocycles. The lowest BCUT2D eigenvalue weighted by molar-refractivity contribution is -0.116. The fourth-order valence-electron chi connectivity index (χ4n) is 5.52. The van der Waals surface area contributed by atoms with Gasteiger partial charge < -0.3 is 19.6 Å². The molecule has 0 saturated carbocycles. The largest absolute Gasteiger partial charge is 0.403 e. The summed E-state index contributed by atoms with van der Waals surface area (Å²) in [6.45, 7) is 6.69. The number of benzene rings is 4. The zero-order valence-corrected chi connectivity index (χ0v) is 30.1. The molecule has 0 saturated heterocycles. The number of nitrogens with one attached hydrogen (secondary N) is 2. The average Bonchev–Trinajstić information content (AvgIpc) is 3.56. The molecule has 0 aliphatic carbocycles. The van der Waals surface area contributed by atoms with E-state index < -0.39 is 15.1 Å². The van der Waals surface area contributed by atoms with Gasteiger partial charge in [-0.25, -0.2) is 0 Å². The molecule has 9 heteroatoms. The molecule has 0 aliphatic heterocycles. The lowest BCUT2D eigenvalue weighted by atomic mass is 9.84. The molecule has 0 aliphatic rings. The van der Waals surface area contributed by atoms with Crippen LogP contribution in [-0.4, -0.2) is 32.5 Å². The van der Waals surface area contributed by atoms with Crippen LogP contribution in [0, 0.1) is 5.41 Å². The van der Waals surface area contributed by atoms with Gasteiger partial charge in [0, 0.05) is 41.2 Å². The van der Waals surface area contributed by atoms with Gasteiger partial charge in [-0.3, -0.25) is 9.59 Å². The lowest BCUT2D eigenvalue weighted by Gasteiger charge is -2.36. The minimum absolute atomic E-state index is 0.161. The molecule has 5 rings (SSSR count). The van der Waals surface area contributed by atoms with Gasteiger partial charge in [-0.15, -0.1) is 0 Å². The molecular weight excluding hydrogens is 657 g/mol. The van der Waals surface area contributed by atoms with E-state index in [0.717, 1.165) is 22.5 Å². The van der Waals surface area contributed by atoms with Gasteiger partial charge in [0.15, 0.2) is 0 Å². The summed E-state index contributed by atoms with van der Waals surface area (Å²) in [5.74, 6) is -0.411. The molecule has 0 spiro atoms. The summed E-state index contributed by atoms with van der Waals surface area (Å²) in [6, 6.07) is 35.3. The summed E-state index contributed by atoms with van der Waals surface area (Å²) < 4.78 is 9.14. The summed E-state index contributed by atoms with van der Waals surface area (Å²) >= 11 is 14.2. The van der Waals surface area contributed by atoms with Gasteiger partial charge in [-0.1, -0.05) is 117 Å². The van der Waals surface area contributed by atoms with Crippen LogP contribution in [0.2, 0.25) is 10.0 Å². The van der Waals surface area contributed by atoms with E-state index >= 15 is 0 Å². The first kappa shape index (κ1) is 34.9. The second kappa shape index (κ2) is 15.7. The Bertz CT molecular complexity index is 1850. The first-order chi connectivity index (χ1) is 23.1. The molecule has 246 valence electrons. The number of carbonyl (C=O) groups excluding carboxylic acids is 2. The van der Waals surface area contributed by atoms with E-state index in [9.17, 15) is 9.59 Å². The Kier molecular flexibility index (Phi) is 11.4. The maximum atomic E-state index is 12.8. The third-order valence-corrected chi connectivity index (χ3v) is 11.2. The first-order valence-electron chi connectivity index (χ1n) is 15.7. The summed E-state index contributed by atoms with van der Waals surface area (Å²) in [5, 5.41) is 8.92. The molecular formula is C39H39Cl2N3O3Si. The van der Waals surface area contributed by atoms with Crippen molar-refractivity contribution in [3.05, 3.63) is 154 Å². The van der Waals surface area contributed by atoms with Crippen LogP contribution in [-0.2, 0) is 15.8 Å². The van der Waals surface area contributed by atoms with Crippen molar-refractivity contribution < 1.29 is 14.0 Å². The third kappa shape index (κ3) is 8.35. The van der Waals surface area contributed by atoms with Crippen LogP contribution in [0.15, 0.2) is 121 Å². The molecule has 2 N–H and O–H groups in total. The van der Waals surface area contributed by atoms with Crippen molar-refractivity contribution in [3.8, 4) is 5.69 Å². The second-order valence-corrected chi connectivity index (χ2v) is 15.7. The van der Waals surface area contributed by atoms with E-state index in [1.54, 1.807) is 37.4 Å². The normalized spacial score (nSPS) is 12.3. The Morgan fingerprint density at radius 2 is 1.48 bits per heavy atom. The van der Waals surface area contributed by atoms with Crippen LogP contribution in [0.3, 0.4) is 0 Å². The van der Waals surface area contributed by atoms with Crippen molar-refractivity contribution in [1.29, 1.82) is 0 Å². The maximum absolute atomic E-state index is 12.8. The SMILES string of the molecule is CNC(=O)c1ccc(C=CC(=O)NCc2cccn2-c2ccc(Cl)c(C(O[SiH](c3ccccc3)c3ccccc3)C(C)(C)C)c2Cl)cc1. The molecule has 6 nitrogen and oxygen atoms in total. The Labute approximate surface area is 294 Å². The standard InChI is InChI=1S/C39H39Cl2N3O3Si/c1-39(2,3)37(47-48(30-13-7-5-8-14-30)31-15-9-6-10-16-31)35-32(40)22-23-33(36(35)41)44-25-11-12-29(44)26-43-34(45)24-19-27-17-20-28(21-18-27)38(46)42-4/h5-25,37,48H,26H2,1-4H3,(H,42,46)(H,43,45). The predicted octanol–water partition coefficient (Wildman–Crippen LogP) is 7.12. The number of aromatic nitrogens is 1. The van der Waals surface area contributed by atoms with E-state index in [-0.39, 0.29) is 23.8 Å². The number of carbonyl (C=O) groups is 2. The Balaban J connectivity index is 1.40. The number of rotatable bonds is 11. The molecule has 5 aromatic rings. The van der Waals surface area contributed by atoms with E-state index in [4.69, 9.17) is 27.6 Å². The monoisotopic (exact) mass is 695 g/mol. The highest BCUT2D eigenvalue weighted by atomic mass is 35.5. The highest BCUT2D eigenvalue weighted by Crippen LogP contribution is 2.45. The fraction of sp³-hybridized carbons (Fsp3) is 0.179. The van der Waals surface area contributed by atoms with Crippen molar-refractivity contribution >= 4 is 60.5 Å². The fourth-order valence-corrected chi connectivity index (χ4v) is 8.84. The van der Waals surface area contributed by atoms with Crippen molar-refractivity contribution in [3.63, 3.8) is 0 Å². The van der Waals surface area contributed by atoms with Gasteiger partial charge in [-0.2, -0.15) is 0 Å². The van der Waals surface area contributed by atoms with E-state index in [1.807, 2.05) is 71.4 Å². The van der Waals surface area contributed by atoms with Gasteiger partial charge in [0.05, 0.1) is 23.4 Å². The maximum Gasteiger partial charge on any atom is 0.251 e. The number of amides is 2. The molecule has 1 unspecified atom stereocenters. The molecule has 2 amide bonds. The van der Waals surface area contributed by atoms with Crippen LogP contribution in [0.5, 0.6) is 0 Å². The summed E-state index contributed by atoms with van der Waals surface area (Å²) in [6.07, 6.45) is 4.69. The molecule has 48 heavy (non-hydrogen) atoms. The van der Waals surface area contributed by atoms with Crippen LogP contribution in [0.4, 0.5) is 0 Å². The third-order valence-electron chi connectivity index (χ3n) is 8.00. The molecule has 1 atom stereocenters. The number of halogens is 2. The van der Waals surface area contributed by atoms with Gasteiger partial charge in [0.1, 0.15) is 0 Å².